The standard InChI is InChI=1S/C23H22N2O5/c1-14(2)18-11-19-16(10-22(26)30-21(19)9-15(18)3)13-28-23(27)20-6-5-17(29-20)12-25-8-4-7-24-25/h4-11,14H,12-13H2,1-3H3. The Morgan fingerprint density at radius 1 is 1.20 bits per heavy atom. The van der Waals surface area contributed by atoms with Crippen LogP contribution in [0.4, 0.5) is 0 Å². The van der Waals surface area contributed by atoms with E-state index in [0.29, 0.717) is 29.4 Å². The minimum Gasteiger partial charge on any atom is -0.455 e. The first-order valence-electron chi connectivity index (χ1n) is 9.71. The van der Waals surface area contributed by atoms with Crippen molar-refractivity contribution < 1.29 is 18.4 Å². The largest absolute Gasteiger partial charge is 0.455 e. The minimum atomic E-state index is -0.598. The maximum atomic E-state index is 12.4. The molecule has 0 atom stereocenters. The lowest BCUT2D eigenvalue weighted by Gasteiger charge is -2.13. The van der Waals surface area contributed by atoms with Gasteiger partial charge in [0.05, 0.1) is 6.54 Å². The fourth-order valence-electron chi connectivity index (χ4n) is 3.47. The van der Waals surface area contributed by atoms with Crippen molar-refractivity contribution in [2.24, 2.45) is 0 Å². The lowest BCUT2D eigenvalue weighted by atomic mass is 9.95. The monoisotopic (exact) mass is 406 g/mol. The van der Waals surface area contributed by atoms with Crippen LogP contribution in [0.1, 0.15) is 52.8 Å². The highest BCUT2D eigenvalue weighted by molar-refractivity contribution is 5.87. The molecule has 0 spiro atoms. The molecule has 0 aliphatic carbocycles. The molecule has 7 heteroatoms. The molecule has 0 aliphatic heterocycles. The molecule has 4 rings (SSSR count). The number of rotatable bonds is 6. The van der Waals surface area contributed by atoms with Crippen molar-refractivity contribution in [2.45, 2.75) is 39.8 Å². The summed E-state index contributed by atoms with van der Waals surface area (Å²) in [5.74, 6) is 0.406. The van der Waals surface area contributed by atoms with Gasteiger partial charge in [0.1, 0.15) is 18.0 Å². The first-order chi connectivity index (χ1) is 14.4. The van der Waals surface area contributed by atoms with Crippen LogP contribution < -0.4 is 5.63 Å². The smallest absolute Gasteiger partial charge is 0.374 e. The third-order valence-corrected chi connectivity index (χ3v) is 4.94. The molecule has 0 saturated heterocycles. The van der Waals surface area contributed by atoms with Crippen molar-refractivity contribution in [2.75, 3.05) is 0 Å². The predicted octanol–water partition coefficient (Wildman–Crippen LogP) is 4.42. The second-order valence-corrected chi connectivity index (χ2v) is 7.50. The lowest BCUT2D eigenvalue weighted by Crippen LogP contribution is -2.08. The van der Waals surface area contributed by atoms with Crippen molar-refractivity contribution in [3.05, 3.63) is 87.4 Å². The average Bonchev–Trinajstić information content (AvgIpc) is 3.37. The molecule has 0 unspecified atom stereocenters. The normalized spacial score (nSPS) is 11.3. The van der Waals surface area contributed by atoms with E-state index in [4.69, 9.17) is 13.6 Å². The molecule has 0 fully saturated rings. The van der Waals surface area contributed by atoms with Gasteiger partial charge in [-0.2, -0.15) is 5.10 Å². The molecular weight excluding hydrogens is 384 g/mol. The number of furan rings is 1. The van der Waals surface area contributed by atoms with E-state index in [1.807, 2.05) is 25.1 Å². The number of benzene rings is 1. The van der Waals surface area contributed by atoms with Gasteiger partial charge in [-0.05, 0) is 54.3 Å². The minimum absolute atomic E-state index is 0.0588. The molecule has 1 aromatic carbocycles. The molecule has 0 aliphatic rings. The lowest BCUT2D eigenvalue weighted by molar-refractivity contribution is 0.0435. The van der Waals surface area contributed by atoms with Gasteiger partial charge in [-0.25, -0.2) is 9.59 Å². The van der Waals surface area contributed by atoms with Crippen molar-refractivity contribution in [3.63, 3.8) is 0 Å². The highest BCUT2D eigenvalue weighted by Gasteiger charge is 2.16. The Bertz CT molecular complexity index is 1250. The zero-order valence-electron chi connectivity index (χ0n) is 17.0. The SMILES string of the molecule is Cc1cc2oc(=O)cc(COC(=O)c3ccc(Cn4cccn4)o3)c2cc1C(C)C. The van der Waals surface area contributed by atoms with Gasteiger partial charge in [0.25, 0.3) is 0 Å². The molecule has 4 aromatic rings. The van der Waals surface area contributed by atoms with E-state index in [-0.39, 0.29) is 12.4 Å². The maximum Gasteiger partial charge on any atom is 0.374 e. The van der Waals surface area contributed by atoms with Gasteiger partial charge in [0.2, 0.25) is 5.76 Å². The quantitative estimate of drug-likeness (QED) is 0.348. The molecule has 0 amide bonds. The number of esters is 1. The van der Waals surface area contributed by atoms with Crippen molar-refractivity contribution in [3.8, 4) is 0 Å². The molecule has 154 valence electrons. The molecular formula is C23H22N2O5. The second kappa shape index (κ2) is 8.02. The molecule has 3 aromatic heterocycles. The number of ether oxygens (including phenoxy) is 1. The van der Waals surface area contributed by atoms with E-state index in [9.17, 15) is 9.59 Å². The first-order valence-corrected chi connectivity index (χ1v) is 9.71. The summed E-state index contributed by atoms with van der Waals surface area (Å²) in [4.78, 5) is 24.4. The number of carbonyl (C=O) groups is 1. The Morgan fingerprint density at radius 2 is 2.03 bits per heavy atom. The van der Waals surface area contributed by atoms with Crippen LogP contribution in [0.15, 0.2) is 62.4 Å². The van der Waals surface area contributed by atoms with Crippen molar-refractivity contribution in [1.29, 1.82) is 0 Å². The predicted molar refractivity (Wildman–Crippen MR) is 110 cm³/mol. The maximum absolute atomic E-state index is 12.4. The van der Waals surface area contributed by atoms with Gasteiger partial charge in [-0.3, -0.25) is 4.68 Å². The Balaban J connectivity index is 1.54. The van der Waals surface area contributed by atoms with Crippen molar-refractivity contribution >= 4 is 16.9 Å². The zero-order chi connectivity index (χ0) is 21.3. The van der Waals surface area contributed by atoms with Gasteiger partial charge in [-0.15, -0.1) is 0 Å². The topological polar surface area (TPSA) is 87.5 Å². The van der Waals surface area contributed by atoms with Crippen LogP contribution >= 0.6 is 0 Å². The highest BCUT2D eigenvalue weighted by Crippen LogP contribution is 2.27. The van der Waals surface area contributed by atoms with Gasteiger partial charge in [-0.1, -0.05) is 13.8 Å². The summed E-state index contributed by atoms with van der Waals surface area (Å²) >= 11 is 0. The molecule has 3 heterocycles. The Hall–Kier alpha value is -3.61. The first kappa shape index (κ1) is 19.7. The fraction of sp³-hybridized carbons (Fsp3) is 0.261. The Kier molecular flexibility index (Phi) is 5.27. The Labute approximate surface area is 172 Å². The van der Waals surface area contributed by atoms with E-state index < -0.39 is 11.6 Å². The average molecular weight is 406 g/mol. The third-order valence-electron chi connectivity index (χ3n) is 4.94. The van der Waals surface area contributed by atoms with Crippen LogP contribution in [0, 0.1) is 6.92 Å². The number of carbonyl (C=O) groups excluding carboxylic acids is 1. The van der Waals surface area contributed by atoms with E-state index in [2.05, 4.69) is 18.9 Å². The highest BCUT2D eigenvalue weighted by atomic mass is 16.5. The van der Waals surface area contributed by atoms with Crippen LogP contribution in [0.3, 0.4) is 0 Å². The van der Waals surface area contributed by atoms with Gasteiger partial charge in [0, 0.05) is 29.4 Å². The molecule has 0 radical (unpaired) electrons. The van der Waals surface area contributed by atoms with E-state index in [1.165, 1.54) is 6.07 Å². The summed E-state index contributed by atoms with van der Waals surface area (Å²) in [6, 6.07) is 10.3. The van der Waals surface area contributed by atoms with E-state index in [1.54, 1.807) is 29.2 Å². The van der Waals surface area contributed by atoms with E-state index >= 15 is 0 Å². The van der Waals surface area contributed by atoms with E-state index in [0.717, 1.165) is 16.5 Å². The van der Waals surface area contributed by atoms with Gasteiger partial charge >= 0.3 is 11.6 Å². The third kappa shape index (κ3) is 4.05. The number of aromatic nitrogens is 2. The molecule has 0 N–H and O–H groups in total. The number of hydrogen-bond donors (Lipinski definition) is 0. The molecule has 0 saturated carbocycles. The van der Waals surface area contributed by atoms with Gasteiger partial charge in [0.15, 0.2) is 0 Å². The number of nitrogens with zero attached hydrogens (tertiary/aromatic N) is 2. The van der Waals surface area contributed by atoms with Crippen LogP contribution in [-0.2, 0) is 17.9 Å². The fourth-order valence-corrected chi connectivity index (χ4v) is 3.47. The number of fused-ring (bicyclic) bond motifs is 1. The summed E-state index contributed by atoms with van der Waals surface area (Å²) in [7, 11) is 0. The summed E-state index contributed by atoms with van der Waals surface area (Å²) in [6.45, 7) is 6.55. The van der Waals surface area contributed by atoms with Crippen LogP contribution in [-0.4, -0.2) is 15.7 Å². The second-order valence-electron chi connectivity index (χ2n) is 7.50. The summed E-state index contributed by atoms with van der Waals surface area (Å²) in [5, 5.41) is 4.87. The molecule has 30 heavy (non-hydrogen) atoms. The summed E-state index contributed by atoms with van der Waals surface area (Å²) < 4.78 is 18.0. The van der Waals surface area contributed by atoms with Gasteiger partial charge < -0.3 is 13.6 Å². The zero-order valence-corrected chi connectivity index (χ0v) is 17.0. The number of aryl methyl sites for hydroxylation is 1. The molecule has 7 nitrogen and oxygen atoms in total. The van der Waals surface area contributed by atoms with Crippen molar-refractivity contribution in [1.82, 2.24) is 9.78 Å². The van der Waals surface area contributed by atoms with Crippen LogP contribution in [0.25, 0.3) is 11.0 Å². The Morgan fingerprint density at radius 3 is 2.77 bits per heavy atom. The number of hydrogen-bond acceptors (Lipinski definition) is 6. The summed E-state index contributed by atoms with van der Waals surface area (Å²) in [6.07, 6.45) is 3.48. The van der Waals surface area contributed by atoms with Crippen LogP contribution in [0.2, 0.25) is 0 Å². The molecule has 0 bridgehead atoms. The van der Waals surface area contributed by atoms with Crippen LogP contribution in [0.5, 0.6) is 0 Å². The summed E-state index contributed by atoms with van der Waals surface area (Å²) in [5.41, 5.74) is 2.80.